The first-order valence-corrected chi connectivity index (χ1v) is 7.85. The Hall–Kier alpha value is -2.65. The van der Waals surface area contributed by atoms with E-state index in [1.54, 1.807) is 18.5 Å². The summed E-state index contributed by atoms with van der Waals surface area (Å²) < 4.78 is 0. The topological polar surface area (TPSA) is 68.1 Å². The highest BCUT2D eigenvalue weighted by molar-refractivity contribution is 5.60. The third-order valence-corrected chi connectivity index (χ3v) is 4.08. The van der Waals surface area contributed by atoms with Gasteiger partial charge >= 0.3 is 0 Å². The summed E-state index contributed by atoms with van der Waals surface area (Å²) in [5.41, 5.74) is 1.55. The number of aromatic nitrogens is 2. The van der Waals surface area contributed by atoms with Crippen molar-refractivity contribution in [2.45, 2.75) is 6.92 Å². The van der Waals surface area contributed by atoms with Crippen LogP contribution in [0.1, 0.15) is 12.5 Å². The number of hydrogen-bond acceptors (Lipinski definition) is 6. The molecule has 0 atom stereocenters. The van der Waals surface area contributed by atoms with Crippen molar-refractivity contribution in [2.75, 3.05) is 42.9 Å². The number of piperazine rings is 1. The summed E-state index contributed by atoms with van der Waals surface area (Å²) in [6.07, 6.45) is 1.59. The maximum Gasteiger partial charge on any atom is 0.135 e. The van der Waals surface area contributed by atoms with E-state index in [-0.39, 0.29) is 0 Å². The molecule has 1 aliphatic heterocycles. The molecule has 6 nitrogen and oxygen atoms in total. The molecule has 0 bridgehead atoms. The zero-order valence-electron chi connectivity index (χ0n) is 13.2. The van der Waals surface area contributed by atoms with E-state index in [0.29, 0.717) is 5.56 Å². The van der Waals surface area contributed by atoms with Crippen molar-refractivity contribution >= 4 is 17.3 Å². The number of benzene rings is 1. The zero-order chi connectivity index (χ0) is 16.1. The summed E-state index contributed by atoms with van der Waals surface area (Å²) in [5, 5.41) is 12.1. The number of likely N-dealkylation sites (N-methyl/N-ethyl adjacent to an activating group) is 1. The van der Waals surface area contributed by atoms with Gasteiger partial charge in [-0.1, -0.05) is 6.92 Å². The van der Waals surface area contributed by atoms with Gasteiger partial charge in [-0.2, -0.15) is 5.26 Å². The Bertz CT molecular complexity index is 683. The highest BCUT2D eigenvalue weighted by atomic mass is 15.3. The van der Waals surface area contributed by atoms with Gasteiger partial charge in [-0.15, -0.1) is 0 Å². The number of rotatable bonds is 4. The Morgan fingerprint density at radius 2 is 1.87 bits per heavy atom. The molecule has 3 rings (SSSR count). The fraction of sp³-hybridized carbons (Fsp3) is 0.353. The minimum atomic E-state index is 0.646. The van der Waals surface area contributed by atoms with Gasteiger partial charge in [0.2, 0.25) is 0 Å². The van der Waals surface area contributed by atoms with Gasteiger partial charge in [0.15, 0.2) is 0 Å². The highest BCUT2D eigenvalue weighted by Crippen LogP contribution is 2.19. The van der Waals surface area contributed by atoms with Crippen molar-refractivity contribution in [1.29, 1.82) is 5.26 Å². The summed E-state index contributed by atoms with van der Waals surface area (Å²) in [7, 11) is 0. The third-order valence-electron chi connectivity index (χ3n) is 4.08. The van der Waals surface area contributed by atoms with Crippen molar-refractivity contribution in [3.63, 3.8) is 0 Å². The van der Waals surface area contributed by atoms with E-state index >= 15 is 0 Å². The lowest BCUT2D eigenvalue weighted by atomic mass is 10.2. The van der Waals surface area contributed by atoms with Crippen LogP contribution in [0.15, 0.2) is 36.7 Å². The quantitative estimate of drug-likeness (QED) is 0.934. The number of nitriles is 1. The molecule has 0 saturated carbocycles. The molecule has 1 aliphatic rings. The lowest BCUT2D eigenvalue weighted by Gasteiger charge is -2.34. The summed E-state index contributed by atoms with van der Waals surface area (Å²) in [4.78, 5) is 13.4. The van der Waals surface area contributed by atoms with Crippen LogP contribution in [-0.2, 0) is 0 Å². The Morgan fingerprint density at radius 1 is 1.13 bits per heavy atom. The monoisotopic (exact) mass is 308 g/mol. The standard InChI is InChI=1S/C17H20N6/c1-2-22-7-9-23(10-8-22)17-11-16(19-13-20-17)21-15-5-3-14(12-18)4-6-15/h3-6,11,13H,2,7-10H2,1H3,(H,19,20,21). The molecule has 0 radical (unpaired) electrons. The first-order chi connectivity index (χ1) is 11.3. The lowest BCUT2D eigenvalue weighted by Crippen LogP contribution is -2.46. The largest absolute Gasteiger partial charge is 0.354 e. The molecule has 2 heterocycles. The SMILES string of the molecule is CCN1CCN(c2cc(Nc3ccc(C#N)cc3)ncn2)CC1. The van der Waals surface area contributed by atoms with E-state index in [1.807, 2.05) is 18.2 Å². The minimum Gasteiger partial charge on any atom is -0.354 e. The van der Waals surface area contributed by atoms with Crippen molar-refractivity contribution in [3.05, 3.63) is 42.2 Å². The van der Waals surface area contributed by atoms with Crippen LogP contribution in [0.2, 0.25) is 0 Å². The first-order valence-electron chi connectivity index (χ1n) is 7.85. The molecule has 1 N–H and O–H groups in total. The van der Waals surface area contributed by atoms with E-state index in [1.165, 1.54) is 0 Å². The van der Waals surface area contributed by atoms with E-state index in [4.69, 9.17) is 5.26 Å². The molecular formula is C17H20N6. The second-order valence-electron chi connectivity index (χ2n) is 5.50. The third kappa shape index (κ3) is 3.76. The van der Waals surface area contributed by atoms with Gasteiger partial charge in [0.25, 0.3) is 0 Å². The Balaban J connectivity index is 1.68. The van der Waals surface area contributed by atoms with Crippen LogP contribution < -0.4 is 10.2 Å². The minimum absolute atomic E-state index is 0.646. The Morgan fingerprint density at radius 3 is 2.52 bits per heavy atom. The summed E-state index contributed by atoms with van der Waals surface area (Å²) >= 11 is 0. The van der Waals surface area contributed by atoms with Gasteiger partial charge in [-0.25, -0.2) is 9.97 Å². The summed E-state index contributed by atoms with van der Waals surface area (Å²) in [6, 6.07) is 11.4. The van der Waals surface area contributed by atoms with Gasteiger partial charge in [0, 0.05) is 37.9 Å². The molecule has 1 aromatic heterocycles. The van der Waals surface area contributed by atoms with E-state index in [2.05, 4.69) is 38.1 Å². The fourth-order valence-electron chi connectivity index (χ4n) is 2.66. The van der Waals surface area contributed by atoms with Gasteiger partial charge in [-0.05, 0) is 30.8 Å². The van der Waals surface area contributed by atoms with Gasteiger partial charge in [0.05, 0.1) is 11.6 Å². The molecule has 6 heteroatoms. The van der Waals surface area contributed by atoms with Gasteiger partial charge in [-0.3, -0.25) is 0 Å². The second kappa shape index (κ2) is 7.07. The van der Waals surface area contributed by atoms with Crippen molar-refractivity contribution in [1.82, 2.24) is 14.9 Å². The average Bonchev–Trinajstić information content (AvgIpc) is 2.63. The number of anilines is 3. The van der Waals surface area contributed by atoms with Crippen molar-refractivity contribution in [2.24, 2.45) is 0 Å². The van der Waals surface area contributed by atoms with Crippen molar-refractivity contribution < 1.29 is 0 Å². The molecular weight excluding hydrogens is 288 g/mol. The number of hydrogen-bond donors (Lipinski definition) is 1. The van der Waals surface area contributed by atoms with Crippen LogP contribution in [0, 0.1) is 11.3 Å². The van der Waals surface area contributed by atoms with Crippen molar-refractivity contribution in [3.8, 4) is 6.07 Å². The predicted octanol–water partition coefficient (Wildman–Crippen LogP) is 2.23. The molecule has 0 amide bonds. The van der Waals surface area contributed by atoms with Crippen LogP contribution in [0.3, 0.4) is 0 Å². The number of nitrogens with zero attached hydrogens (tertiary/aromatic N) is 5. The zero-order valence-corrected chi connectivity index (χ0v) is 13.2. The molecule has 118 valence electrons. The van der Waals surface area contributed by atoms with Crippen LogP contribution in [-0.4, -0.2) is 47.6 Å². The fourth-order valence-corrected chi connectivity index (χ4v) is 2.66. The first kappa shape index (κ1) is 15.3. The molecule has 1 aromatic carbocycles. The summed E-state index contributed by atoms with van der Waals surface area (Å²) in [6.45, 7) is 7.41. The van der Waals surface area contributed by atoms with E-state index in [0.717, 1.165) is 50.0 Å². The van der Waals surface area contributed by atoms with Gasteiger partial charge < -0.3 is 15.1 Å². The van der Waals surface area contributed by atoms with E-state index < -0.39 is 0 Å². The van der Waals surface area contributed by atoms with Gasteiger partial charge in [0.1, 0.15) is 18.0 Å². The highest BCUT2D eigenvalue weighted by Gasteiger charge is 2.17. The van der Waals surface area contributed by atoms with Crippen LogP contribution in [0.4, 0.5) is 17.3 Å². The molecule has 23 heavy (non-hydrogen) atoms. The van der Waals surface area contributed by atoms with Crippen LogP contribution >= 0.6 is 0 Å². The molecule has 2 aromatic rings. The maximum atomic E-state index is 8.84. The Labute approximate surface area is 136 Å². The van der Waals surface area contributed by atoms with E-state index in [9.17, 15) is 0 Å². The molecule has 1 fully saturated rings. The number of nitrogens with one attached hydrogen (secondary N) is 1. The molecule has 0 unspecified atom stereocenters. The molecule has 1 saturated heterocycles. The normalized spacial score (nSPS) is 15.2. The maximum absolute atomic E-state index is 8.84. The second-order valence-corrected chi connectivity index (χ2v) is 5.50. The Kier molecular flexibility index (Phi) is 4.69. The lowest BCUT2D eigenvalue weighted by molar-refractivity contribution is 0.270. The van der Waals surface area contributed by atoms with Crippen LogP contribution in [0.25, 0.3) is 0 Å². The smallest absolute Gasteiger partial charge is 0.135 e. The summed E-state index contributed by atoms with van der Waals surface area (Å²) in [5.74, 6) is 1.71. The van der Waals surface area contributed by atoms with Crippen LogP contribution in [0.5, 0.6) is 0 Å². The predicted molar refractivity (Wildman–Crippen MR) is 90.8 cm³/mol. The molecule has 0 spiro atoms. The molecule has 0 aliphatic carbocycles. The average molecular weight is 308 g/mol.